The molecule has 1 aromatic rings. The number of piperazine rings is 1. The van der Waals surface area contributed by atoms with Gasteiger partial charge in [0.05, 0.1) is 20.3 Å². The molecule has 12 nitrogen and oxygen atoms in total. The highest BCUT2D eigenvalue weighted by Gasteiger charge is 2.58. The van der Waals surface area contributed by atoms with Gasteiger partial charge in [0.1, 0.15) is 30.5 Å². The van der Waals surface area contributed by atoms with Gasteiger partial charge in [-0.15, -0.1) is 0 Å². The van der Waals surface area contributed by atoms with Gasteiger partial charge in [0.2, 0.25) is 11.7 Å². The third-order valence-corrected chi connectivity index (χ3v) is 8.61. The Morgan fingerprint density at radius 1 is 1.05 bits per heavy atom. The highest BCUT2D eigenvalue weighted by atomic mass is 16.5. The molecule has 1 aliphatic carbocycles. The van der Waals surface area contributed by atoms with E-state index in [1.165, 1.54) is 43.9 Å². The van der Waals surface area contributed by atoms with Crippen LogP contribution in [0.4, 0.5) is 0 Å². The van der Waals surface area contributed by atoms with Gasteiger partial charge in [-0.1, -0.05) is 6.08 Å². The van der Waals surface area contributed by atoms with Gasteiger partial charge in [-0.05, 0) is 40.8 Å². The van der Waals surface area contributed by atoms with E-state index in [1.807, 2.05) is 0 Å². The van der Waals surface area contributed by atoms with Crippen molar-refractivity contribution in [1.82, 2.24) is 9.80 Å². The van der Waals surface area contributed by atoms with Crippen LogP contribution in [-0.4, -0.2) is 88.5 Å². The van der Waals surface area contributed by atoms with E-state index in [0.717, 1.165) is 0 Å². The predicted molar refractivity (Wildman–Crippen MR) is 146 cm³/mol. The molecule has 0 aromatic heterocycles. The molecule has 1 amide bonds. The fourth-order valence-corrected chi connectivity index (χ4v) is 6.37. The lowest BCUT2D eigenvalue weighted by molar-refractivity contribution is -0.154. The van der Waals surface area contributed by atoms with Crippen molar-refractivity contribution in [3.8, 4) is 17.2 Å². The summed E-state index contributed by atoms with van der Waals surface area (Å²) >= 11 is 0. The monoisotopic (exact) mass is 580 g/mol. The number of likely N-dealkylation sites (N-methyl/N-ethyl adjacent to an activating group) is 1. The molecule has 0 radical (unpaired) electrons. The zero-order chi connectivity index (χ0) is 30.9. The van der Waals surface area contributed by atoms with Crippen molar-refractivity contribution >= 4 is 23.4 Å². The number of aliphatic hydroxyl groups excluding tert-OH is 1. The number of ether oxygens (including phenoxy) is 3. The number of esters is 1. The van der Waals surface area contributed by atoms with E-state index in [2.05, 4.69) is 0 Å². The fraction of sp³-hybridized carbons (Fsp3) is 0.400. The van der Waals surface area contributed by atoms with E-state index >= 15 is 0 Å². The van der Waals surface area contributed by atoms with E-state index in [1.54, 1.807) is 27.0 Å². The van der Waals surface area contributed by atoms with Crippen LogP contribution in [0.25, 0.3) is 0 Å². The van der Waals surface area contributed by atoms with Crippen LogP contribution in [0.15, 0.2) is 45.9 Å². The molecule has 1 saturated heterocycles. The number of amides is 1. The molecule has 3 aliphatic heterocycles. The number of methoxy groups -OCH3 is 2. The molecule has 3 N–H and O–H groups in total. The predicted octanol–water partition coefficient (Wildman–Crippen LogP) is 1.79. The van der Waals surface area contributed by atoms with Crippen LogP contribution in [0, 0.1) is 6.92 Å². The lowest BCUT2D eigenvalue weighted by Crippen LogP contribution is -2.64. The van der Waals surface area contributed by atoms with Gasteiger partial charge in [-0.25, -0.2) is 4.79 Å². The number of hydrogen-bond donors (Lipinski definition) is 3. The maximum Gasteiger partial charge on any atom is 0.333 e. The number of Topliss-reactive ketones (excluding diaryl/α,β-unsaturated/α-hetero) is 2. The van der Waals surface area contributed by atoms with Crippen LogP contribution in [0.1, 0.15) is 49.6 Å². The standard InChI is InChI=1S/C30H32N2O10/c1-8-11(2)30(39)42-10-16-17-14(22(33)12(3)27(40-6)25(17)36)9-15-20-18-19(23(34)13(4)28(41-7)26(18)37)24(35)21(31(20)5)29(38)32(15)16/h8-9,16,20-21,24,34-35,37H,10H2,1-7H3/b11-8-/t16-,20+,21-,24-/m0/s1. The number of phenolic OH excluding ortho intramolecular Hbond substituents is 2. The second-order valence-corrected chi connectivity index (χ2v) is 10.6. The SMILES string of the molecule is C/C=C(/C)C(=O)OC[C@H]1C2=C(C=C3[C@@H]4c5c(O)c(OC)c(C)c(O)c5[C@H](O)[C@@H](C(=O)N31)N4C)C(=O)C(C)=C(OC)C2=O. The lowest BCUT2D eigenvalue weighted by Gasteiger charge is -2.54. The number of rotatable bonds is 5. The smallest absolute Gasteiger partial charge is 0.333 e. The first-order chi connectivity index (χ1) is 19.8. The Labute approximate surface area is 241 Å². The van der Waals surface area contributed by atoms with Crippen LogP contribution < -0.4 is 4.74 Å². The van der Waals surface area contributed by atoms with Gasteiger partial charge in [0.25, 0.3) is 0 Å². The van der Waals surface area contributed by atoms with E-state index in [0.29, 0.717) is 5.57 Å². The second kappa shape index (κ2) is 10.1. The Balaban J connectivity index is 1.79. The summed E-state index contributed by atoms with van der Waals surface area (Å²) in [5, 5.41) is 33.9. The molecular weight excluding hydrogens is 548 g/mol. The molecule has 1 aromatic carbocycles. The maximum atomic E-state index is 14.2. The Bertz CT molecular complexity index is 1600. The zero-order valence-electron chi connectivity index (χ0n) is 24.3. The Hall–Kier alpha value is -4.42. The molecular formula is C30H32N2O10. The first-order valence-corrected chi connectivity index (χ1v) is 13.3. The summed E-state index contributed by atoms with van der Waals surface area (Å²) in [7, 11) is 4.14. The Kier molecular flexibility index (Phi) is 7.02. The van der Waals surface area contributed by atoms with Gasteiger partial charge in [0.15, 0.2) is 23.0 Å². The molecule has 42 heavy (non-hydrogen) atoms. The summed E-state index contributed by atoms with van der Waals surface area (Å²) in [5.41, 5.74) is 0.663. The molecule has 222 valence electrons. The van der Waals surface area contributed by atoms with Crippen molar-refractivity contribution in [2.45, 2.75) is 51.9 Å². The number of nitrogens with zero attached hydrogens (tertiary/aromatic N) is 2. The molecule has 2 bridgehead atoms. The number of benzene rings is 1. The number of aromatic hydroxyl groups is 2. The van der Waals surface area contributed by atoms with Crippen LogP contribution in [0.3, 0.4) is 0 Å². The second-order valence-electron chi connectivity index (χ2n) is 10.6. The third-order valence-electron chi connectivity index (χ3n) is 8.61. The first kappa shape index (κ1) is 29.1. The van der Waals surface area contributed by atoms with Crippen molar-refractivity contribution < 1.29 is 48.7 Å². The summed E-state index contributed by atoms with van der Waals surface area (Å²) in [6, 6.07) is -3.50. The highest BCUT2D eigenvalue weighted by molar-refractivity contribution is 6.26. The molecule has 3 heterocycles. The molecule has 1 fully saturated rings. The number of aliphatic hydroxyl groups is 1. The molecule has 0 unspecified atom stereocenters. The topological polar surface area (TPSA) is 163 Å². The van der Waals surface area contributed by atoms with E-state index in [9.17, 15) is 34.5 Å². The minimum Gasteiger partial charge on any atom is -0.507 e. The summed E-state index contributed by atoms with van der Waals surface area (Å²) < 4.78 is 16.2. The number of fused-ring (bicyclic) bond motifs is 6. The van der Waals surface area contributed by atoms with Crippen molar-refractivity contribution in [1.29, 1.82) is 0 Å². The largest absolute Gasteiger partial charge is 0.507 e. The molecule has 12 heteroatoms. The van der Waals surface area contributed by atoms with Gasteiger partial charge >= 0.3 is 5.97 Å². The summed E-state index contributed by atoms with van der Waals surface area (Å²) in [4.78, 5) is 57.0. The average Bonchev–Trinajstić information content (AvgIpc) is 2.96. The number of allylic oxidation sites excluding steroid dienone is 5. The third kappa shape index (κ3) is 3.75. The van der Waals surface area contributed by atoms with Gasteiger partial charge < -0.3 is 34.4 Å². The Morgan fingerprint density at radius 2 is 1.71 bits per heavy atom. The lowest BCUT2D eigenvalue weighted by atomic mass is 9.74. The van der Waals surface area contributed by atoms with Crippen LogP contribution >= 0.6 is 0 Å². The van der Waals surface area contributed by atoms with Crippen molar-refractivity contribution in [2.75, 3.05) is 27.9 Å². The van der Waals surface area contributed by atoms with E-state index in [4.69, 9.17) is 14.2 Å². The van der Waals surface area contributed by atoms with Gasteiger partial charge in [0, 0.05) is 44.7 Å². The van der Waals surface area contributed by atoms with Crippen molar-refractivity contribution in [3.63, 3.8) is 0 Å². The molecule has 0 saturated carbocycles. The number of phenols is 2. The van der Waals surface area contributed by atoms with Gasteiger partial charge in [-0.2, -0.15) is 0 Å². The molecule has 4 aliphatic rings. The fourth-order valence-electron chi connectivity index (χ4n) is 6.37. The molecule has 4 atom stereocenters. The Morgan fingerprint density at radius 3 is 2.31 bits per heavy atom. The van der Waals surface area contributed by atoms with E-state index < -0.39 is 54.3 Å². The first-order valence-electron chi connectivity index (χ1n) is 13.3. The highest BCUT2D eigenvalue weighted by Crippen LogP contribution is 2.57. The average molecular weight is 581 g/mol. The van der Waals surface area contributed by atoms with Crippen molar-refractivity contribution in [2.24, 2.45) is 0 Å². The van der Waals surface area contributed by atoms with Crippen molar-refractivity contribution in [3.05, 3.63) is 62.6 Å². The summed E-state index contributed by atoms with van der Waals surface area (Å²) in [6.07, 6.45) is 1.36. The minimum absolute atomic E-state index is 0.0107. The number of carbonyl (C=O) groups excluding carboxylic acids is 4. The van der Waals surface area contributed by atoms with E-state index in [-0.39, 0.29) is 62.1 Å². The summed E-state index contributed by atoms with van der Waals surface area (Å²) in [5.74, 6) is -3.41. The van der Waals surface area contributed by atoms with Crippen LogP contribution in [0.2, 0.25) is 0 Å². The summed E-state index contributed by atoms with van der Waals surface area (Å²) in [6.45, 7) is 5.68. The molecule has 0 spiro atoms. The van der Waals surface area contributed by atoms with Crippen LogP contribution in [0.5, 0.6) is 17.2 Å². The number of ketones is 2. The maximum absolute atomic E-state index is 14.2. The number of hydrogen-bond acceptors (Lipinski definition) is 11. The van der Waals surface area contributed by atoms with Crippen LogP contribution in [-0.2, 0) is 28.7 Å². The minimum atomic E-state index is -1.59. The molecule has 5 rings (SSSR count). The van der Waals surface area contributed by atoms with Gasteiger partial charge in [-0.3, -0.25) is 19.3 Å². The zero-order valence-corrected chi connectivity index (χ0v) is 24.3. The number of carbonyl (C=O) groups is 4. The quantitative estimate of drug-likeness (QED) is 0.201. The normalized spacial score (nSPS) is 25.6.